The van der Waals surface area contributed by atoms with Crippen molar-refractivity contribution in [3.05, 3.63) is 24.8 Å². The number of aromatic nitrogens is 1. The molecule has 0 aliphatic carbocycles. The van der Waals surface area contributed by atoms with Crippen LogP contribution in [0, 0.1) is 6.42 Å². The van der Waals surface area contributed by atoms with E-state index in [1.165, 1.54) is 0 Å². The molecule has 1 aromatic rings. The topological polar surface area (TPSA) is 26.0 Å². The third kappa shape index (κ3) is 1.88. The van der Waals surface area contributed by atoms with E-state index in [1.54, 1.807) is 12.5 Å². The van der Waals surface area contributed by atoms with Gasteiger partial charge in [0.1, 0.15) is 6.26 Å². The minimum absolute atomic E-state index is 0.733. The second kappa shape index (κ2) is 3.28. The summed E-state index contributed by atoms with van der Waals surface area (Å²) in [7, 11) is 0. The number of oxazole rings is 1. The second-order valence-corrected chi connectivity index (χ2v) is 1.86. The quantitative estimate of drug-likeness (QED) is 0.616. The molecule has 0 aromatic carbocycles. The predicted molar refractivity (Wildman–Crippen MR) is 34.8 cm³/mol. The van der Waals surface area contributed by atoms with Crippen LogP contribution in [0.5, 0.6) is 0 Å². The summed E-state index contributed by atoms with van der Waals surface area (Å²) in [6.45, 7) is 2.12. The molecule has 2 heteroatoms. The summed E-state index contributed by atoms with van der Waals surface area (Å²) in [5.41, 5.74) is 0. The minimum Gasteiger partial charge on any atom is -0.449 e. The highest BCUT2D eigenvalue weighted by atomic mass is 16.3. The maximum absolute atomic E-state index is 4.97. The van der Waals surface area contributed by atoms with E-state index in [4.69, 9.17) is 4.42 Å². The van der Waals surface area contributed by atoms with E-state index in [9.17, 15) is 0 Å². The third-order valence-corrected chi connectivity index (χ3v) is 1.06. The normalized spacial score (nSPS) is 9.89. The number of hydrogen-bond donors (Lipinski definition) is 0. The van der Waals surface area contributed by atoms with E-state index in [0.717, 1.165) is 18.7 Å². The third-order valence-electron chi connectivity index (χ3n) is 1.06. The fraction of sp³-hybridized carbons (Fsp3) is 0.429. The number of nitrogens with zero attached hydrogens (tertiary/aromatic N) is 1. The highest BCUT2D eigenvalue weighted by Gasteiger charge is 1.93. The maximum atomic E-state index is 4.97. The molecule has 0 amide bonds. The van der Waals surface area contributed by atoms with E-state index in [2.05, 4.69) is 11.9 Å². The molecule has 0 aliphatic heterocycles. The molecule has 2 nitrogen and oxygen atoms in total. The van der Waals surface area contributed by atoms with Crippen LogP contribution in [-0.2, 0) is 0 Å². The van der Waals surface area contributed by atoms with Crippen LogP contribution >= 0.6 is 0 Å². The molecule has 0 atom stereocenters. The molecule has 0 saturated carbocycles. The summed E-state index contributed by atoms with van der Waals surface area (Å²) in [4.78, 5) is 3.93. The van der Waals surface area contributed by atoms with E-state index < -0.39 is 0 Å². The molecular formula is C7H10NO. The van der Waals surface area contributed by atoms with Gasteiger partial charge in [-0.25, -0.2) is 4.98 Å². The molecule has 0 N–H and O–H groups in total. The zero-order valence-electron chi connectivity index (χ0n) is 5.50. The van der Waals surface area contributed by atoms with Gasteiger partial charge in [0.15, 0.2) is 5.89 Å². The second-order valence-electron chi connectivity index (χ2n) is 1.86. The van der Waals surface area contributed by atoms with Crippen LogP contribution in [0.4, 0.5) is 0 Å². The molecule has 1 rings (SSSR count). The summed E-state index contributed by atoms with van der Waals surface area (Å²) in [6.07, 6.45) is 7.41. The van der Waals surface area contributed by atoms with Gasteiger partial charge in [-0.3, -0.25) is 0 Å². The highest BCUT2D eigenvalue weighted by Crippen LogP contribution is 2.02. The molecule has 0 fully saturated rings. The average Bonchev–Trinajstić information content (AvgIpc) is 2.34. The molecule has 0 saturated heterocycles. The Morgan fingerprint density at radius 1 is 1.78 bits per heavy atom. The van der Waals surface area contributed by atoms with Crippen LogP contribution in [0.1, 0.15) is 25.7 Å². The lowest BCUT2D eigenvalue weighted by Gasteiger charge is -1.87. The Hall–Kier alpha value is -0.790. The van der Waals surface area contributed by atoms with Gasteiger partial charge < -0.3 is 4.42 Å². The van der Waals surface area contributed by atoms with E-state index >= 15 is 0 Å². The Morgan fingerprint density at radius 2 is 2.67 bits per heavy atom. The summed E-state index contributed by atoms with van der Waals surface area (Å²) >= 11 is 0. The van der Waals surface area contributed by atoms with Gasteiger partial charge in [0.05, 0.1) is 6.20 Å². The van der Waals surface area contributed by atoms with Gasteiger partial charge >= 0.3 is 0 Å². The fourth-order valence-corrected chi connectivity index (χ4v) is 0.603. The molecule has 0 unspecified atom stereocenters. The number of unbranched alkanes of at least 4 members (excludes halogenated alkanes) is 1. The van der Waals surface area contributed by atoms with Crippen molar-refractivity contribution in [1.82, 2.24) is 4.98 Å². The van der Waals surface area contributed by atoms with Gasteiger partial charge in [-0.2, -0.15) is 0 Å². The molecule has 9 heavy (non-hydrogen) atoms. The van der Waals surface area contributed by atoms with Crippen LogP contribution in [0.25, 0.3) is 0 Å². The summed E-state index contributed by atoms with van der Waals surface area (Å²) in [5.74, 6) is 0.733. The van der Waals surface area contributed by atoms with Crippen molar-refractivity contribution in [1.29, 1.82) is 0 Å². The number of hydrogen-bond acceptors (Lipinski definition) is 2. The first-order chi connectivity index (χ1) is 4.43. The van der Waals surface area contributed by atoms with Gasteiger partial charge in [-0.1, -0.05) is 13.3 Å². The molecule has 0 aliphatic rings. The van der Waals surface area contributed by atoms with Crippen molar-refractivity contribution >= 4 is 0 Å². The summed E-state index contributed by atoms with van der Waals surface area (Å²) < 4.78 is 4.97. The molecule has 49 valence electrons. The zero-order valence-corrected chi connectivity index (χ0v) is 5.50. The van der Waals surface area contributed by atoms with Crippen LogP contribution in [0.3, 0.4) is 0 Å². The molecule has 1 aromatic heterocycles. The fourth-order valence-electron chi connectivity index (χ4n) is 0.603. The Kier molecular flexibility index (Phi) is 2.31. The first-order valence-corrected chi connectivity index (χ1v) is 3.16. The molecule has 1 radical (unpaired) electrons. The summed E-state index contributed by atoms with van der Waals surface area (Å²) in [6, 6.07) is 0. The SMILES string of the molecule is CCC[CH]c1ncco1. The summed E-state index contributed by atoms with van der Waals surface area (Å²) in [5, 5.41) is 0. The Morgan fingerprint density at radius 3 is 3.22 bits per heavy atom. The van der Waals surface area contributed by atoms with Gasteiger partial charge in [0.25, 0.3) is 0 Å². The lowest BCUT2D eigenvalue weighted by molar-refractivity contribution is 0.521. The molecule has 1 heterocycles. The average molecular weight is 124 g/mol. The Labute approximate surface area is 54.9 Å². The Balaban J connectivity index is 2.30. The largest absolute Gasteiger partial charge is 0.449 e. The van der Waals surface area contributed by atoms with Crippen LogP contribution in [0.15, 0.2) is 16.9 Å². The van der Waals surface area contributed by atoms with Gasteiger partial charge in [0.2, 0.25) is 0 Å². The van der Waals surface area contributed by atoms with Crippen LogP contribution < -0.4 is 0 Å². The smallest absolute Gasteiger partial charge is 0.197 e. The minimum atomic E-state index is 0.733. The molecule has 0 spiro atoms. The van der Waals surface area contributed by atoms with Crippen molar-refractivity contribution in [2.75, 3.05) is 0 Å². The van der Waals surface area contributed by atoms with Gasteiger partial charge in [0, 0.05) is 6.42 Å². The number of rotatable bonds is 3. The van der Waals surface area contributed by atoms with Crippen molar-refractivity contribution in [3.63, 3.8) is 0 Å². The lowest BCUT2D eigenvalue weighted by atomic mass is 10.2. The molecule has 0 bridgehead atoms. The lowest BCUT2D eigenvalue weighted by Crippen LogP contribution is -1.78. The zero-order chi connectivity index (χ0) is 6.53. The van der Waals surface area contributed by atoms with Gasteiger partial charge in [-0.05, 0) is 6.42 Å². The van der Waals surface area contributed by atoms with Gasteiger partial charge in [-0.15, -0.1) is 0 Å². The van der Waals surface area contributed by atoms with Crippen molar-refractivity contribution < 1.29 is 4.42 Å². The maximum Gasteiger partial charge on any atom is 0.197 e. The van der Waals surface area contributed by atoms with Crippen molar-refractivity contribution in [2.45, 2.75) is 19.8 Å². The first kappa shape index (κ1) is 6.33. The van der Waals surface area contributed by atoms with Crippen LogP contribution in [0.2, 0.25) is 0 Å². The first-order valence-electron chi connectivity index (χ1n) is 3.16. The van der Waals surface area contributed by atoms with E-state index in [1.807, 2.05) is 6.42 Å². The van der Waals surface area contributed by atoms with E-state index in [0.29, 0.717) is 0 Å². The van der Waals surface area contributed by atoms with Crippen molar-refractivity contribution in [2.24, 2.45) is 0 Å². The molecular weight excluding hydrogens is 114 g/mol. The van der Waals surface area contributed by atoms with Crippen molar-refractivity contribution in [3.8, 4) is 0 Å². The highest BCUT2D eigenvalue weighted by molar-refractivity contribution is 4.94. The standard InChI is InChI=1S/C7H10NO/c1-2-3-4-7-8-5-6-9-7/h4-6H,2-3H2,1H3. The Bertz CT molecular complexity index is 146. The van der Waals surface area contributed by atoms with Crippen LogP contribution in [-0.4, -0.2) is 4.98 Å². The van der Waals surface area contributed by atoms with E-state index in [-0.39, 0.29) is 0 Å². The monoisotopic (exact) mass is 124 g/mol. The predicted octanol–water partition coefficient (Wildman–Crippen LogP) is 2.03.